The molecule has 1 heteroatoms. The van der Waals surface area contributed by atoms with E-state index in [1.807, 2.05) is 6.92 Å². The Morgan fingerprint density at radius 3 is 2.10 bits per heavy atom. The van der Waals surface area contributed by atoms with Crippen LogP contribution in [0.15, 0.2) is 35.9 Å². The number of benzene rings is 1. The van der Waals surface area contributed by atoms with Gasteiger partial charge in [-0.25, -0.2) is 0 Å². The Balaban J connectivity index is 1.28. The molecule has 1 aromatic carbocycles. The minimum absolute atomic E-state index is 0.744. The average Bonchev–Trinajstić information content (AvgIpc) is 2.79. The van der Waals surface area contributed by atoms with Crippen LogP contribution in [0.5, 0.6) is 5.75 Å². The molecule has 168 valence electrons. The third-order valence-corrected chi connectivity index (χ3v) is 7.75. The predicted octanol–water partition coefficient (Wildman–Crippen LogP) is 8.91. The van der Waals surface area contributed by atoms with E-state index in [1.165, 1.54) is 102 Å². The monoisotopic (exact) mass is 410 g/mol. The molecule has 0 heterocycles. The number of hydrogen-bond acceptors (Lipinski definition) is 1. The van der Waals surface area contributed by atoms with Crippen LogP contribution < -0.4 is 4.74 Å². The molecule has 1 fully saturated rings. The Kier molecular flexibility index (Phi) is 10.3. The van der Waals surface area contributed by atoms with Gasteiger partial charge in [0.05, 0.1) is 6.61 Å². The van der Waals surface area contributed by atoms with Crippen molar-refractivity contribution in [2.24, 2.45) is 17.8 Å². The Morgan fingerprint density at radius 1 is 0.767 bits per heavy atom. The first kappa shape index (κ1) is 23.4. The molecule has 0 bridgehead atoms. The zero-order chi connectivity index (χ0) is 21.0. The van der Waals surface area contributed by atoms with Gasteiger partial charge in [0.1, 0.15) is 5.75 Å². The normalized spacial score (nSPS) is 24.5. The summed E-state index contributed by atoms with van der Waals surface area (Å²) >= 11 is 0. The molecule has 2 aliphatic carbocycles. The van der Waals surface area contributed by atoms with Crippen molar-refractivity contribution in [3.63, 3.8) is 0 Å². The van der Waals surface area contributed by atoms with E-state index < -0.39 is 0 Å². The summed E-state index contributed by atoms with van der Waals surface area (Å²) in [7, 11) is 0. The number of ether oxygens (including phenoxy) is 1. The standard InChI is InChI=1S/C29H46O/c1-3-5-6-7-24-8-10-25(11-9-24)12-13-26-14-16-27(17-15-26)18-19-28-20-22-29(23-21-28)30-4-2/h16,20-26H,3-15,17-19H2,1-2H3. The number of allylic oxidation sites excluding steroid dienone is 2. The second kappa shape index (κ2) is 13.2. The van der Waals surface area contributed by atoms with Crippen molar-refractivity contribution in [3.05, 3.63) is 41.5 Å². The maximum atomic E-state index is 5.55. The van der Waals surface area contributed by atoms with E-state index >= 15 is 0 Å². The molecule has 0 radical (unpaired) electrons. The zero-order valence-corrected chi connectivity index (χ0v) is 19.8. The maximum absolute atomic E-state index is 5.55. The largest absolute Gasteiger partial charge is 0.494 e. The van der Waals surface area contributed by atoms with E-state index in [1.54, 1.807) is 5.57 Å². The van der Waals surface area contributed by atoms with Crippen LogP contribution in [-0.4, -0.2) is 6.61 Å². The zero-order valence-electron chi connectivity index (χ0n) is 19.8. The number of unbranched alkanes of at least 4 members (excludes halogenated alkanes) is 2. The van der Waals surface area contributed by atoms with E-state index in [2.05, 4.69) is 37.3 Å². The van der Waals surface area contributed by atoms with Crippen LogP contribution in [-0.2, 0) is 6.42 Å². The van der Waals surface area contributed by atoms with Crippen molar-refractivity contribution in [1.29, 1.82) is 0 Å². The highest BCUT2D eigenvalue weighted by atomic mass is 16.5. The van der Waals surface area contributed by atoms with E-state index in [9.17, 15) is 0 Å². The fourth-order valence-electron chi connectivity index (χ4n) is 5.62. The fourth-order valence-corrected chi connectivity index (χ4v) is 5.62. The van der Waals surface area contributed by atoms with Gasteiger partial charge in [-0.3, -0.25) is 0 Å². The first-order valence-corrected chi connectivity index (χ1v) is 13.2. The molecule has 3 rings (SSSR count). The number of rotatable bonds is 12. The average molecular weight is 411 g/mol. The Morgan fingerprint density at radius 2 is 1.47 bits per heavy atom. The van der Waals surface area contributed by atoms with Crippen molar-refractivity contribution in [1.82, 2.24) is 0 Å². The summed E-state index contributed by atoms with van der Waals surface area (Å²) < 4.78 is 5.55. The molecule has 1 saturated carbocycles. The highest BCUT2D eigenvalue weighted by Crippen LogP contribution is 2.37. The molecule has 30 heavy (non-hydrogen) atoms. The van der Waals surface area contributed by atoms with Gasteiger partial charge in [0.2, 0.25) is 0 Å². The van der Waals surface area contributed by atoms with Gasteiger partial charge in [-0.2, -0.15) is 0 Å². The summed E-state index contributed by atoms with van der Waals surface area (Å²) in [6.45, 7) is 5.10. The van der Waals surface area contributed by atoms with Gasteiger partial charge in [0, 0.05) is 0 Å². The number of aryl methyl sites for hydroxylation is 1. The lowest BCUT2D eigenvalue weighted by molar-refractivity contribution is 0.234. The van der Waals surface area contributed by atoms with Crippen molar-refractivity contribution >= 4 is 0 Å². The molecule has 0 aliphatic heterocycles. The van der Waals surface area contributed by atoms with E-state index in [0.717, 1.165) is 30.1 Å². The van der Waals surface area contributed by atoms with Crippen LogP contribution >= 0.6 is 0 Å². The van der Waals surface area contributed by atoms with Gasteiger partial charge < -0.3 is 4.74 Å². The van der Waals surface area contributed by atoms with E-state index in [4.69, 9.17) is 4.74 Å². The molecule has 1 unspecified atom stereocenters. The lowest BCUT2D eigenvalue weighted by Crippen LogP contribution is -2.16. The second-order valence-corrected chi connectivity index (χ2v) is 10.0. The summed E-state index contributed by atoms with van der Waals surface area (Å²) in [5.74, 6) is 4.05. The van der Waals surface area contributed by atoms with Crippen LogP contribution in [0, 0.1) is 17.8 Å². The molecule has 2 aliphatic rings. The van der Waals surface area contributed by atoms with Crippen molar-refractivity contribution in [3.8, 4) is 5.75 Å². The quantitative estimate of drug-likeness (QED) is 0.247. The molecule has 0 N–H and O–H groups in total. The maximum Gasteiger partial charge on any atom is 0.119 e. The van der Waals surface area contributed by atoms with E-state index in [-0.39, 0.29) is 0 Å². The minimum atomic E-state index is 0.744. The highest BCUT2D eigenvalue weighted by molar-refractivity contribution is 5.28. The van der Waals surface area contributed by atoms with Crippen LogP contribution in [0.3, 0.4) is 0 Å². The van der Waals surface area contributed by atoms with Gasteiger partial charge in [-0.15, -0.1) is 0 Å². The van der Waals surface area contributed by atoms with Crippen LogP contribution in [0.4, 0.5) is 0 Å². The molecule has 0 saturated heterocycles. The summed E-state index contributed by atoms with van der Waals surface area (Å²) in [5, 5.41) is 0. The van der Waals surface area contributed by atoms with Crippen molar-refractivity contribution < 1.29 is 4.74 Å². The van der Waals surface area contributed by atoms with Crippen LogP contribution in [0.2, 0.25) is 0 Å². The summed E-state index contributed by atoms with van der Waals surface area (Å²) in [4.78, 5) is 0. The van der Waals surface area contributed by atoms with Crippen LogP contribution in [0.1, 0.15) is 109 Å². The fraction of sp³-hybridized carbons (Fsp3) is 0.724. The molecular formula is C29H46O. The molecule has 1 nitrogen and oxygen atoms in total. The Bertz CT molecular complexity index is 606. The lowest BCUT2D eigenvalue weighted by Gasteiger charge is -2.30. The summed E-state index contributed by atoms with van der Waals surface area (Å²) in [5.41, 5.74) is 3.14. The minimum Gasteiger partial charge on any atom is -0.494 e. The molecule has 0 amide bonds. The summed E-state index contributed by atoms with van der Waals surface area (Å²) in [6, 6.07) is 8.69. The Hall–Kier alpha value is -1.24. The molecule has 1 atom stereocenters. The van der Waals surface area contributed by atoms with Crippen LogP contribution in [0.25, 0.3) is 0 Å². The Labute approximate surface area is 186 Å². The smallest absolute Gasteiger partial charge is 0.119 e. The highest BCUT2D eigenvalue weighted by Gasteiger charge is 2.22. The molecule has 0 spiro atoms. The first-order valence-electron chi connectivity index (χ1n) is 13.2. The van der Waals surface area contributed by atoms with Crippen molar-refractivity contribution in [2.75, 3.05) is 6.61 Å². The van der Waals surface area contributed by atoms with Gasteiger partial charge in [0.25, 0.3) is 0 Å². The molecular weight excluding hydrogens is 364 g/mol. The third kappa shape index (κ3) is 8.12. The van der Waals surface area contributed by atoms with E-state index in [0.29, 0.717) is 0 Å². The van der Waals surface area contributed by atoms with Gasteiger partial charge >= 0.3 is 0 Å². The topological polar surface area (TPSA) is 9.23 Å². The van der Waals surface area contributed by atoms with Gasteiger partial charge in [-0.1, -0.05) is 88.5 Å². The third-order valence-electron chi connectivity index (χ3n) is 7.75. The van der Waals surface area contributed by atoms with Gasteiger partial charge in [-0.05, 0) is 80.9 Å². The molecule has 1 aromatic rings. The lowest BCUT2D eigenvalue weighted by atomic mass is 9.76. The summed E-state index contributed by atoms with van der Waals surface area (Å²) in [6.07, 6.45) is 24.0. The SMILES string of the molecule is CCCCCC1CCC(CCC2CC=C(CCc3ccc(OCC)cc3)CC2)CC1. The first-order chi connectivity index (χ1) is 14.8. The van der Waals surface area contributed by atoms with Crippen molar-refractivity contribution in [2.45, 2.75) is 110 Å². The van der Waals surface area contributed by atoms with Gasteiger partial charge in [0.15, 0.2) is 0 Å². The molecule has 0 aromatic heterocycles. The number of hydrogen-bond donors (Lipinski definition) is 0. The predicted molar refractivity (Wildman–Crippen MR) is 130 cm³/mol. The second-order valence-electron chi connectivity index (χ2n) is 10.0.